The fourth-order valence-electron chi connectivity index (χ4n) is 2.95. The summed E-state index contributed by atoms with van der Waals surface area (Å²) in [5.74, 6) is -0.297. The van der Waals surface area contributed by atoms with Crippen LogP contribution < -0.4 is 10.6 Å². The molecule has 1 fully saturated rings. The van der Waals surface area contributed by atoms with E-state index in [-0.39, 0.29) is 36.8 Å². The number of halogens is 1. The lowest BCUT2D eigenvalue weighted by molar-refractivity contribution is -0.140. The molecule has 1 saturated carbocycles. The molecule has 1 aliphatic carbocycles. The number of rotatable bonds is 5. The number of hydrogen-bond acceptors (Lipinski definition) is 4. The number of benzene rings is 1. The van der Waals surface area contributed by atoms with Crippen molar-refractivity contribution in [3.8, 4) is 0 Å². The quantitative estimate of drug-likeness (QED) is 0.836. The normalized spacial score (nSPS) is 20.3. The molecule has 1 amide bonds. The Morgan fingerprint density at radius 2 is 1.87 bits per heavy atom. The summed E-state index contributed by atoms with van der Waals surface area (Å²) in [5, 5.41) is 0. The number of nitrogens with zero attached hydrogens (tertiary/aromatic N) is 1. The minimum atomic E-state index is -0.426. The standard InChI is InChI=1S/C17H24N2O3.ClH/c1-22-17(21)12-19(14-8-3-2-4-9-14)16(20)11-13-7-5-6-10-15(13)18;/h2-4,8-9,13,15H,5-7,10-12,18H2,1H3;1H/t13?,15-;/m0./s1. The molecule has 1 aromatic carbocycles. The Labute approximate surface area is 143 Å². The lowest BCUT2D eigenvalue weighted by Gasteiger charge is -2.30. The third-order valence-electron chi connectivity index (χ3n) is 4.29. The summed E-state index contributed by atoms with van der Waals surface area (Å²) < 4.78 is 4.71. The Bertz CT molecular complexity index is 510. The van der Waals surface area contributed by atoms with Crippen LogP contribution in [-0.4, -0.2) is 31.6 Å². The first-order chi connectivity index (χ1) is 10.6. The molecular formula is C17H25ClN2O3. The van der Waals surface area contributed by atoms with E-state index < -0.39 is 5.97 Å². The highest BCUT2D eigenvalue weighted by Gasteiger charge is 2.28. The topological polar surface area (TPSA) is 72.6 Å². The van der Waals surface area contributed by atoms with Gasteiger partial charge in [-0.25, -0.2) is 0 Å². The second-order valence-electron chi connectivity index (χ2n) is 5.80. The van der Waals surface area contributed by atoms with Gasteiger partial charge in [-0.1, -0.05) is 31.0 Å². The Hall–Kier alpha value is -1.59. The van der Waals surface area contributed by atoms with Gasteiger partial charge in [0.1, 0.15) is 6.54 Å². The van der Waals surface area contributed by atoms with E-state index >= 15 is 0 Å². The van der Waals surface area contributed by atoms with Gasteiger partial charge >= 0.3 is 5.97 Å². The average Bonchev–Trinajstić information content (AvgIpc) is 2.55. The number of nitrogens with two attached hydrogens (primary N) is 1. The number of methoxy groups -OCH3 is 1. The predicted octanol–water partition coefficient (Wildman–Crippen LogP) is 2.52. The number of esters is 1. The summed E-state index contributed by atoms with van der Waals surface area (Å²) >= 11 is 0. The Morgan fingerprint density at radius 1 is 1.22 bits per heavy atom. The highest BCUT2D eigenvalue weighted by molar-refractivity contribution is 5.97. The summed E-state index contributed by atoms with van der Waals surface area (Å²) in [7, 11) is 1.33. The second-order valence-corrected chi connectivity index (χ2v) is 5.80. The summed E-state index contributed by atoms with van der Waals surface area (Å²) in [6.07, 6.45) is 4.59. The lowest BCUT2D eigenvalue weighted by Crippen LogP contribution is -2.41. The van der Waals surface area contributed by atoms with Gasteiger partial charge in [0.2, 0.25) is 5.91 Å². The van der Waals surface area contributed by atoms with Crippen molar-refractivity contribution in [1.82, 2.24) is 0 Å². The van der Waals surface area contributed by atoms with Gasteiger partial charge < -0.3 is 15.4 Å². The van der Waals surface area contributed by atoms with Crippen LogP contribution in [0.1, 0.15) is 32.1 Å². The number of amides is 1. The van der Waals surface area contributed by atoms with Gasteiger partial charge in [-0.15, -0.1) is 12.4 Å². The maximum absolute atomic E-state index is 12.7. The molecule has 128 valence electrons. The maximum Gasteiger partial charge on any atom is 0.325 e. The first-order valence-corrected chi connectivity index (χ1v) is 7.79. The van der Waals surface area contributed by atoms with E-state index in [2.05, 4.69) is 0 Å². The van der Waals surface area contributed by atoms with E-state index in [4.69, 9.17) is 10.5 Å². The van der Waals surface area contributed by atoms with E-state index in [1.54, 1.807) is 0 Å². The number of carbonyl (C=O) groups is 2. The molecule has 6 heteroatoms. The summed E-state index contributed by atoms with van der Waals surface area (Å²) in [4.78, 5) is 25.8. The van der Waals surface area contributed by atoms with Crippen molar-refractivity contribution in [2.75, 3.05) is 18.6 Å². The number of carbonyl (C=O) groups excluding carboxylic acids is 2. The third-order valence-corrected chi connectivity index (χ3v) is 4.29. The van der Waals surface area contributed by atoms with Crippen molar-refractivity contribution in [2.24, 2.45) is 11.7 Å². The number of hydrogen-bond donors (Lipinski definition) is 1. The molecule has 1 unspecified atom stereocenters. The van der Waals surface area contributed by atoms with Gasteiger partial charge in [0.05, 0.1) is 7.11 Å². The minimum Gasteiger partial charge on any atom is -0.468 e. The molecule has 2 N–H and O–H groups in total. The molecule has 1 aromatic rings. The van der Waals surface area contributed by atoms with Gasteiger partial charge in [0.25, 0.3) is 0 Å². The van der Waals surface area contributed by atoms with Crippen molar-refractivity contribution in [1.29, 1.82) is 0 Å². The van der Waals surface area contributed by atoms with Crippen LogP contribution in [0.2, 0.25) is 0 Å². The molecule has 2 rings (SSSR count). The lowest BCUT2D eigenvalue weighted by atomic mass is 9.82. The zero-order valence-electron chi connectivity index (χ0n) is 13.4. The smallest absolute Gasteiger partial charge is 0.325 e. The number of para-hydroxylation sites is 1. The minimum absolute atomic E-state index is 0. The molecule has 1 aliphatic rings. The third kappa shape index (κ3) is 5.52. The summed E-state index contributed by atoms with van der Waals surface area (Å²) in [6.45, 7) is -0.0682. The van der Waals surface area contributed by atoms with E-state index in [1.807, 2.05) is 30.3 Å². The molecule has 0 radical (unpaired) electrons. The van der Waals surface area contributed by atoms with E-state index in [0.29, 0.717) is 12.1 Å². The zero-order chi connectivity index (χ0) is 15.9. The van der Waals surface area contributed by atoms with Crippen LogP contribution in [0, 0.1) is 5.92 Å². The first kappa shape index (κ1) is 19.5. The van der Waals surface area contributed by atoms with Crippen molar-refractivity contribution < 1.29 is 14.3 Å². The zero-order valence-corrected chi connectivity index (χ0v) is 14.3. The summed E-state index contributed by atoms with van der Waals surface area (Å²) in [5.41, 5.74) is 6.84. The molecule has 0 spiro atoms. The predicted molar refractivity (Wildman–Crippen MR) is 92.6 cm³/mol. The highest BCUT2D eigenvalue weighted by atomic mass is 35.5. The van der Waals surface area contributed by atoms with Crippen molar-refractivity contribution in [3.63, 3.8) is 0 Å². The van der Waals surface area contributed by atoms with Crippen LogP contribution in [0.25, 0.3) is 0 Å². The second kappa shape index (κ2) is 9.53. The fourth-order valence-corrected chi connectivity index (χ4v) is 2.95. The highest BCUT2D eigenvalue weighted by Crippen LogP contribution is 2.27. The monoisotopic (exact) mass is 340 g/mol. The molecule has 0 aromatic heterocycles. The van der Waals surface area contributed by atoms with Crippen LogP contribution in [0.15, 0.2) is 30.3 Å². The van der Waals surface area contributed by atoms with Crippen LogP contribution in [0.3, 0.4) is 0 Å². The number of ether oxygens (including phenoxy) is 1. The Balaban J connectivity index is 0.00000264. The maximum atomic E-state index is 12.7. The van der Waals surface area contributed by atoms with Gasteiger partial charge in [0, 0.05) is 18.2 Å². The van der Waals surface area contributed by atoms with Crippen molar-refractivity contribution >= 4 is 30.0 Å². The Morgan fingerprint density at radius 3 is 2.48 bits per heavy atom. The van der Waals surface area contributed by atoms with Gasteiger partial charge in [0.15, 0.2) is 0 Å². The van der Waals surface area contributed by atoms with Gasteiger partial charge in [-0.2, -0.15) is 0 Å². The van der Waals surface area contributed by atoms with Gasteiger partial charge in [-0.05, 0) is 30.9 Å². The molecule has 0 aliphatic heterocycles. The molecule has 0 bridgehead atoms. The van der Waals surface area contributed by atoms with Crippen molar-refractivity contribution in [2.45, 2.75) is 38.1 Å². The molecule has 23 heavy (non-hydrogen) atoms. The first-order valence-electron chi connectivity index (χ1n) is 7.79. The van der Waals surface area contributed by atoms with E-state index in [9.17, 15) is 9.59 Å². The average molecular weight is 341 g/mol. The van der Waals surface area contributed by atoms with Crippen LogP contribution in [0.4, 0.5) is 5.69 Å². The van der Waals surface area contributed by atoms with E-state index in [1.165, 1.54) is 12.0 Å². The van der Waals surface area contributed by atoms with Gasteiger partial charge in [-0.3, -0.25) is 9.59 Å². The van der Waals surface area contributed by atoms with Crippen LogP contribution >= 0.6 is 12.4 Å². The molecular weight excluding hydrogens is 316 g/mol. The summed E-state index contributed by atoms with van der Waals surface area (Å²) in [6, 6.07) is 9.29. The molecule has 0 saturated heterocycles. The molecule has 2 atom stereocenters. The number of anilines is 1. The van der Waals surface area contributed by atoms with Crippen molar-refractivity contribution in [3.05, 3.63) is 30.3 Å². The van der Waals surface area contributed by atoms with Crippen LogP contribution in [0.5, 0.6) is 0 Å². The molecule has 0 heterocycles. The SMILES string of the molecule is COC(=O)CN(C(=O)CC1CCCC[C@@H]1N)c1ccccc1.Cl. The van der Waals surface area contributed by atoms with Crippen LogP contribution in [-0.2, 0) is 14.3 Å². The largest absolute Gasteiger partial charge is 0.468 e. The Kier molecular flexibility index (Phi) is 8.06. The fraction of sp³-hybridized carbons (Fsp3) is 0.529. The molecule has 5 nitrogen and oxygen atoms in total. The van der Waals surface area contributed by atoms with E-state index in [0.717, 1.165) is 25.7 Å².